The van der Waals surface area contributed by atoms with Gasteiger partial charge in [-0.2, -0.15) is 5.26 Å². The summed E-state index contributed by atoms with van der Waals surface area (Å²) < 4.78 is 2.34. The number of aromatic nitrogens is 1. The zero-order valence-electron chi connectivity index (χ0n) is 15.2. The van der Waals surface area contributed by atoms with Crippen molar-refractivity contribution in [3.63, 3.8) is 0 Å². The van der Waals surface area contributed by atoms with Gasteiger partial charge in [-0.15, -0.1) is 0 Å². The van der Waals surface area contributed by atoms with Gasteiger partial charge in [0.15, 0.2) is 0 Å². The number of likely N-dealkylation sites (tertiary alicyclic amines) is 1. The Labute approximate surface area is 144 Å². The van der Waals surface area contributed by atoms with E-state index in [1.54, 1.807) is 6.08 Å². The van der Waals surface area contributed by atoms with Gasteiger partial charge in [0.05, 0.1) is 0 Å². The van der Waals surface area contributed by atoms with E-state index in [0.717, 1.165) is 30.8 Å². The van der Waals surface area contributed by atoms with Gasteiger partial charge < -0.3 is 9.47 Å². The molecule has 1 aliphatic carbocycles. The monoisotopic (exact) mass is 325 g/mol. The number of piperidine rings is 1. The van der Waals surface area contributed by atoms with Gasteiger partial charge >= 0.3 is 0 Å². The number of carbonyl (C=O) groups is 1. The SMILES string of the molecule is Cc1cc(/C=C(\C#N)C(=O)N2CC(C)CC(C)C2)c(C)n1C1CC1. The van der Waals surface area contributed by atoms with E-state index in [9.17, 15) is 10.1 Å². The van der Waals surface area contributed by atoms with Crippen LogP contribution in [0.1, 0.15) is 56.1 Å². The molecule has 0 aromatic carbocycles. The molecule has 2 heterocycles. The molecular weight excluding hydrogens is 298 g/mol. The maximum absolute atomic E-state index is 12.8. The summed E-state index contributed by atoms with van der Waals surface area (Å²) in [7, 11) is 0. The summed E-state index contributed by atoms with van der Waals surface area (Å²) in [5.74, 6) is 0.877. The molecule has 0 spiro atoms. The number of aryl methyl sites for hydroxylation is 1. The first-order valence-electron chi connectivity index (χ1n) is 9.00. The molecule has 4 nitrogen and oxygen atoms in total. The lowest BCUT2D eigenvalue weighted by Gasteiger charge is -2.34. The van der Waals surface area contributed by atoms with Gasteiger partial charge in [-0.25, -0.2) is 0 Å². The quantitative estimate of drug-likeness (QED) is 0.626. The second-order valence-corrected chi connectivity index (χ2v) is 7.75. The Morgan fingerprint density at radius 3 is 2.42 bits per heavy atom. The fourth-order valence-electron chi connectivity index (χ4n) is 4.14. The highest BCUT2D eigenvalue weighted by Gasteiger charge is 2.29. The highest BCUT2D eigenvalue weighted by Crippen LogP contribution is 2.38. The van der Waals surface area contributed by atoms with Crippen LogP contribution in [0.15, 0.2) is 11.6 Å². The van der Waals surface area contributed by atoms with Crippen molar-refractivity contribution >= 4 is 12.0 Å². The van der Waals surface area contributed by atoms with Crippen LogP contribution < -0.4 is 0 Å². The Hall–Kier alpha value is -2.02. The Morgan fingerprint density at radius 2 is 1.88 bits per heavy atom. The third kappa shape index (κ3) is 3.26. The largest absolute Gasteiger partial charge is 0.346 e. The topological polar surface area (TPSA) is 49.0 Å². The molecule has 2 fully saturated rings. The van der Waals surface area contributed by atoms with Gasteiger partial charge in [0.1, 0.15) is 11.6 Å². The zero-order valence-corrected chi connectivity index (χ0v) is 15.2. The van der Waals surface area contributed by atoms with Crippen LogP contribution >= 0.6 is 0 Å². The molecule has 0 bridgehead atoms. The predicted molar refractivity (Wildman–Crippen MR) is 95.3 cm³/mol. The van der Waals surface area contributed by atoms with Gasteiger partial charge in [0.25, 0.3) is 5.91 Å². The molecule has 2 atom stereocenters. The van der Waals surface area contributed by atoms with Gasteiger partial charge in [0, 0.05) is 30.5 Å². The van der Waals surface area contributed by atoms with Crippen molar-refractivity contribution in [3.05, 3.63) is 28.6 Å². The molecule has 2 aliphatic rings. The molecule has 4 heteroatoms. The van der Waals surface area contributed by atoms with Gasteiger partial charge in [-0.1, -0.05) is 13.8 Å². The zero-order chi connectivity index (χ0) is 17.4. The highest BCUT2D eigenvalue weighted by molar-refractivity contribution is 6.01. The minimum absolute atomic E-state index is 0.118. The minimum atomic E-state index is -0.118. The Bertz CT molecular complexity index is 708. The highest BCUT2D eigenvalue weighted by atomic mass is 16.2. The molecule has 1 saturated carbocycles. The molecule has 0 N–H and O–H groups in total. The van der Waals surface area contributed by atoms with E-state index < -0.39 is 0 Å². The normalized spacial score (nSPS) is 24.8. The predicted octanol–water partition coefficient (Wildman–Crippen LogP) is 3.85. The second kappa shape index (κ2) is 6.47. The molecule has 3 rings (SSSR count). The van der Waals surface area contributed by atoms with Gasteiger partial charge in [0.2, 0.25) is 0 Å². The lowest BCUT2D eigenvalue weighted by Crippen LogP contribution is -2.43. The number of hydrogen-bond donors (Lipinski definition) is 0. The van der Waals surface area contributed by atoms with E-state index >= 15 is 0 Å². The molecule has 1 aromatic heterocycles. The summed E-state index contributed by atoms with van der Waals surface area (Å²) in [6.45, 7) is 10.0. The molecule has 1 aliphatic heterocycles. The van der Waals surface area contributed by atoms with Crippen molar-refractivity contribution in [2.45, 2.75) is 53.0 Å². The third-order valence-corrected chi connectivity index (χ3v) is 5.24. The second-order valence-electron chi connectivity index (χ2n) is 7.75. The van der Waals surface area contributed by atoms with Crippen molar-refractivity contribution < 1.29 is 4.79 Å². The van der Waals surface area contributed by atoms with Crippen LogP contribution in [0.3, 0.4) is 0 Å². The smallest absolute Gasteiger partial charge is 0.264 e. The lowest BCUT2D eigenvalue weighted by molar-refractivity contribution is -0.129. The van der Waals surface area contributed by atoms with Crippen molar-refractivity contribution in [1.29, 1.82) is 5.26 Å². The molecule has 1 saturated heterocycles. The Kier molecular flexibility index (Phi) is 4.54. The summed E-state index contributed by atoms with van der Waals surface area (Å²) in [5.41, 5.74) is 3.64. The fourth-order valence-corrected chi connectivity index (χ4v) is 4.14. The standard InChI is InChI=1S/C20H27N3O/c1-13-7-14(2)12-22(11-13)20(24)18(10-21)9-17-8-15(3)23(16(17)4)19-5-6-19/h8-9,13-14,19H,5-7,11-12H2,1-4H3/b18-9+. The van der Waals surface area contributed by atoms with Crippen molar-refractivity contribution in [3.8, 4) is 6.07 Å². The molecule has 24 heavy (non-hydrogen) atoms. The average Bonchev–Trinajstić information content (AvgIpc) is 3.30. The van der Waals surface area contributed by atoms with Crippen LogP contribution in [-0.4, -0.2) is 28.5 Å². The summed E-state index contributed by atoms with van der Waals surface area (Å²) in [5, 5.41) is 9.54. The van der Waals surface area contributed by atoms with Gasteiger partial charge in [-0.3, -0.25) is 4.79 Å². The van der Waals surface area contributed by atoms with E-state index in [-0.39, 0.29) is 11.5 Å². The van der Waals surface area contributed by atoms with Crippen molar-refractivity contribution in [1.82, 2.24) is 9.47 Å². The number of nitriles is 1. The summed E-state index contributed by atoms with van der Waals surface area (Å²) in [6, 6.07) is 4.84. The first kappa shape index (κ1) is 16.8. The molecule has 128 valence electrons. The lowest BCUT2D eigenvalue weighted by atomic mass is 9.91. The van der Waals surface area contributed by atoms with E-state index in [2.05, 4.69) is 44.4 Å². The molecule has 1 aromatic rings. The van der Waals surface area contributed by atoms with Crippen LogP contribution in [0, 0.1) is 37.0 Å². The maximum Gasteiger partial charge on any atom is 0.264 e. The first-order chi connectivity index (χ1) is 11.4. The fraction of sp³-hybridized carbons (Fsp3) is 0.600. The number of carbonyl (C=O) groups excluding carboxylic acids is 1. The van der Waals surface area contributed by atoms with Crippen LogP contribution in [-0.2, 0) is 4.79 Å². The summed E-state index contributed by atoms with van der Waals surface area (Å²) in [4.78, 5) is 14.7. The first-order valence-corrected chi connectivity index (χ1v) is 9.00. The number of nitrogens with zero attached hydrogens (tertiary/aromatic N) is 3. The van der Waals surface area contributed by atoms with Crippen molar-refractivity contribution in [2.24, 2.45) is 11.8 Å². The van der Waals surface area contributed by atoms with E-state index in [1.165, 1.54) is 18.5 Å². The number of rotatable bonds is 3. The van der Waals surface area contributed by atoms with Gasteiger partial charge in [-0.05, 0) is 62.7 Å². The molecular formula is C20H27N3O. The van der Waals surface area contributed by atoms with Crippen LogP contribution in [0.4, 0.5) is 0 Å². The van der Waals surface area contributed by atoms with Crippen LogP contribution in [0.25, 0.3) is 6.08 Å². The third-order valence-electron chi connectivity index (χ3n) is 5.24. The minimum Gasteiger partial charge on any atom is -0.346 e. The Morgan fingerprint density at radius 1 is 1.25 bits per heavy atom. The van der Waals surface area contributed by atoms with Crippen molar-refractivity contribution in [2.75, 3.05) is 13.1 Å². The van der Waals surface area contributed by atoms with E-state index in [1.807, 2.05) is 4.90 Å². The average molecular weight is 325 g/mol. The summed E-state index contributed by atoms with van der Waals surface area (Å²) >= 11 is 0. The van der Waals surface area contributed by atoms with E-state index in [4.69, 9.17) is 0 Å². The van der Waals surface area contributed by atoms with E-state index in [0.29, 0.717) is 17.9 Å². The van der Waals surface area contributed by atoms with Crippen LogP contribution in [0.5, 0.6) is 0 Å². The summed E-state index contributed by atoms with van der Waals surface area (Å²) in [6.07, 6.45) is 5.39. The Balaban J connectivity index is 1.86. The van der Waals surface area contributed by atoms with Crippen LogP contribution in [0.2, 0.25) is 0 Å². The molecule has 1 amide bonds. The molecule has 0 radical (unpaired) electrons. The number of hydrogen-bond acceptors (Lipinski definition) is 2. The molecule has 2 unspecified atom stereocenters. The maximum atomic E-state index is 12.8. The number of amides is 1.